The van der Waals surface area contributed by atoms with Gasteiger partial charge in [0.25, 0.3) is 0 Å². The summed E-state index contributed by atoms with van der Waals surface area (Å²) >= 11 is 0. The van der Waals surface area contributed by atoms with Gasteiger partial charge < -0.3 is 13.3 Å². The molecule has 0 aliphatic heterocycles. The van der Waals surface area contributed by atoms with E-state index in [-0.39, 0.29) is 0 Å². The van der Waals surface area contributed by atoms with E-state index in [0.717, 1.165) is 45.5 Å². The van der Waals surface area contributed by atoms with Crippen molar-refractivity contribution in [2.75, 3.05) is 19.8 Å². The molecule has 29 heavy (non-hydrogen) atoms. The van der Waals surface area contributed by atoms with Gasteiger partial charge in [-0.25, -0.2) is 0 Å². The molecule has 0 aromatic carbocycles. The van der Waals surface area contributed by atoms with Gasteiger partial charge in [0.15, 0.2) is 0 Å². The number of hydrogen-bond acceptors (Lipinski definition) is 3. The summed E-state index contributed by atoms with van der Waals surface area (Å²) in [7, 11) is -2.72. The lowest BCUT2D eigenvalue weighted by atomic mass is 10.2. The van der Waals surface area contributed by atoms with Crippen LogP contribution in [0.4, 0.5) is 0 Å². The molecule has 0 spiro atoms. The minimum absolute atomic E-state index is 0.759. The Hall–Kier alpha value is -0.163. The second kappa shape index (κ2) is 22.5. The van der Waals surface area contributed by atoms with Crippen LogP contribution in [0.15, 0.2) is 11.8 Å². The van der Waals surface area contributed by atoms with E-state index in [1.807, 2.05) is 0 Å². The summed E-state index contributed by atoms with van der Waals surface area (Å²) in [5.74, 6) is 0. The fourth-order valence-corrected chi connectivity index (χ4v) is 5.52. The third kappa shape index (κ3) is 18.3. The van der Waals surface area contributed by atoms with Gasteiger partial charge in [0, 0.05) is 19.8 Å². The molecule has 0 N–H and O–H groups in total. The van der Waals surface area contributed by atoms with E-state index in [1.165, 1.54) is 77.0 Å². The molecule has 0 aliphatic carbocycles. The molecule has 0 rings (SSSR count). The van der Waals surface area contributed by atoms with E-state index in [2.05, 4.69) is 39.5 Å². The first-order chi connectivity index (χ1) is 14.2. The summed E-state index contributed by atoms with van der Waals surface area (Å²) in [6.45, 7) is 11.3. The average molecular weight is 429 g/mol. The molecular weight excluding hydrogens is 376 g/mol. The van der Waals surface area contributed by atoms with Crippen LogP contribution in [-0.2, 0) is 13.3 Å². The second-order valence-corrected chi connectivity index (χ2v) is 10.6. The Kier molecular flexibility index (Phi) is 22.4. The summed E-state index contributed by atoms with van der Waals surface area (Å²) in [6, 6.07) is 0. The van der Waals surface area contributed by atoms with Gasteiger partial charge in [-0.1, -0.05) is 104 Å². The zero-order chi connectivity index (χ0) is 21.5. The molecule has 0 bridgehead atoms. The lowest BCUT2D eigenvalue weighted by molar-refractivity contribution is 0.0673. The molecule has 4 heteroatoms. The standard InChI is InChI=1S/C25H52O3Si/c1-5-9-13-17-21-25-29(26-22-18-14-10-6-2,27-23-19-15-11-7-3)28-24-20-16-12-8-4/h21,25H,5-20,22-24H2,1-4H3. The Morgan fingerprint density at radius 3 is 1.24 bits per heavy atom. The number of rotatable bonds is 23. The van der Waals surface area contributed by atoms with E-state index in [9.17, 15) is 0 Å². The molecule has 0 radical (unpaired) electrons. The van der Waals surface area contributed by atoms with Crippen molar-refractivity contribution < 1.29 is 13.3 Å². The summed E-state index contributed by atoms with van der Waals surface area (Å²) in [5.41, 5.74) is 2.20. The molecule has 0 aliphatic rings. The van der Waals surface area contributed by atoms with Crippen LogP contribution in [-0.4, -0.2) is 28.6 Å². The Morgan fingerprint density at radius 2 is 0.862 bits per heavy atom. The molecule has 0 heterocycles. The van der Waals surface area contributed by atoms with Gasteiger partial charge in [-0.15, -0.1) is 0 Å². The topological polar surface area (TPSA) is 27.7 Å². The van der Waals surface area contributed by atoms with Crippen molar-refractivity contribution in [1.29, 1.82) is 0 Å². The van der Waals surface area contributed by atoms with E-state index >= 15 is 0 Å². The third-order valence-corrected chi connectivity index (χ3v) is 7.66. The molecule has 3 nitrogen and oxygen atoms in total. The van der Waals surface area contributed by atoms with Gasteiger partial charge in [0.2, 0.25) is 0 Å². The van der Waals surface area contributed by atoms with Gasteiger partial charge >= 0.3 is 8.80 Å². The van der Waals surface area contributed by atoms with Crippen LogP contribution in [0.25, 0.3) is 0 Å². The highest BCUT2D eigenvalue weighted by atomic mass is 28.4. The predicted molar refractivity (Wildman–Crippen MR) is 129 cm³/mol. The number of allylic oxidation sites excluding steroid dienone is 1. The SMILES string of the molecule is CCCCCC=C[Si](OCCCCCC)(OCCCCCC)OCCCCCC. The quantitative estimate of drug-likeness (QED) is 0.121. The van der Waals surface area contributed by atoms with Gasteiger partial charge in [0.1, 0.15) is 0 Å². The maximum atomic E-state index is 6.40. The molecule has 0 fully saturated rings. The Bertz CT molecular complexity index is 311. The lowest BCUT2D eigenvalue weighted by Crippen LogP contribution is -2.45. The maximum absolute atomic E-state index is 6.40. The Balaban J connectivity index is 4.82. The zero-order valence-electron chi connectivity index (χ0n) is 20.3. The van der Waals surface area contributed by atoms with E-state index in [1.54, 1.807) is 0 Å². The molecule has 174 valence electrons. The second-order valence-electron chi connectivity index (χ2n) is 8.23. The van der Waals surface area contributed by atoms with Crippen LogP contribution < -0.4 is 0 Å². The van der Waals surface area contributed by atoms with Crippen LogP contribution in [0.2, 0.25) is 0 Å². The van der Waals surface area contributed by atoms with Gasteiger partial charge in [-0.05, 0) is 37.8 Å². The minimum atomic E-state index is -2.72. The van der Waals surface area contributed by atoms with Crippen LogP contribution in [0.1, 0.15) is 130 Å². The summed E-state index contributed by atoms with van der Waals surface area (Å²) in [4.78, 5) is 0. The van der Waals surface area contributed by atoms with Crippen molar-refractivity contribution in [1.82, 2.24) is 0 Å². The first kappa shape index (κ1) is 28.8. The van der Waals surface area contributed by atoms with Crippen LogP contribution in [0, 0.1) is 0 Å². The Morgan fingerprint density at radius 1 is 0.483 bits per heavy atom. The van der Waals surface area contributed by atoms with Crippen molar-refractivity contribution in [3.63, 3.8) is 0 Å². The van der Waals surface area contributed by atoms with Crippen molar-refractivity contribution in [2.45, 2.75) is 130 Å². The molecule has 0 atom stereocenters. The zero-order valence-corrected chi connectivity index (χ0v) is 21.3. The maximum Gasteiger partial charge on any atom is 0.529 e. The van der Waals surface area contributed by atoms with Crippen molar-refractivity contribution in [3.8, 4) is 0 Å². The van der Waals surface area contributed by atoms with Gasteiger partial charge in [-0.2, -0.15) is 0 Å². The van der Waals surface area contributed by atoms with Crippen molar-refractivity contribution in [2.24, 2.45) is 0 Å². The molecular formula is C25H52O3Si. The summed E-state index contributed by atoms with van der Waals surface area (Å²) < 4.78 is 19.2. The van der Waals surface area contributed by atoms with E-state index in [4.69, 9.17) is 13.3 Å². The molecule has 0 aromatic rings. The van der Waals surface area contributed by atoms with Crippen LogP contribution >= 0.6 is 0 Å². The van der Waals surface area contributed by atoms with E-state index in [0.29, 0.717) is 0 Å². The van der Waals surface area contributed by atoms with Gasteiger partial charge in [0.05, 0.1) is 0 Å². The van der Waals surface area contributed by atoms with Crippen LogP contribution in [0.3, 0.4) is 0 Å². The van der Waals surface area contributed by atoms with Crippen LogP contribution in [0.5, 0.6) is 0 Å². The largest absolute Gasteiger partial charge is 0.529 e. The molecule has 0 saturated carbocycles. The first-order valence-corrected chi connectivity index (χ1v) is 14.6. The number of unbranched alkanes of at least 4 members (excludes halogenated alkanes) is 12. The average Bonchev–Trinajstić information content (AvgIpc) is 2.73. The van der Waals surface area contributed by atoms with Crippen molar-refractivity contribution in [3.05, 3.63) is 11.8 Å². The fraction of sp³-hybridized carbons (Fsp3) is 0.920. The third-order valence-electron chi connectivity index (χ3n) is 5.20. The van der Waals surface area contributed by atoms with Gasteiger partial charge in [-0.3, -0.25) is 0 Å². The van der Waals surface area contributed by atoms with Crippen molar-refractivity contribution >= 4 is 8.80 Å². The highest BCUT2D eigenvalue weighted by Gasteiger charge is 2.38. The highest BCUT2D eigenvalue weighted by molar-refractivity contribution is 6.66. The van der Waals surface area contributed by atoms with E-state index < -0.39 is 8.80 Å². The normalized spacial score (nSPS) is 12.3. The summed E-state index contributed by atoms with van der Waals surface area (Å²) in [5, 5.41) is 0. The molecule has 0 unspecified atom stereocenters. The molecule has 0 saturated heterocycles. The molecule has 0 aromatic heterocycles. The number of hydrogen-bond donors (Lipinski definition) is 0. The lowest BCUT2D eigenvalue weighted by Gasteiger charge is -2.27. The smallest absolute Gasteiger partial charge is 0.370 e. The first-order valence-electron chi connectivity index (χ1n) is 12.8. The monoisotopic (exact) mass is 428 g/mol. The minimum Gasteiger partial charge on any atom is -0.370 e. The summed E-state index contributed by atoms with van der Waals surface area (Å²) in [6.07, 6.45) is 21.7. The molecule has 0 amide bonds. The fourth-order valence-electron chi connectivity index (χ4n) is 3.24. The Labute approximate surface area is 184 Å². The predicted octanol–water partition coefficient (Wildman–Crippen LogP) is 8.39. The highest BCUT2D eigenvalue weighted by Crippen LogP contribution is 2.17.